The van der Waals surface area contributed by atoms with Crippen LogP contribution in [0.5, 0.6) is 0 Å². The molecular formula is C16H15F3N2O. The summed E-state index contributed by atoms with van der Waals surface area (Å²) in [4.78, 5) is 1.77. The molecule has 22 heavy (non-hydrogen) atoms. The van der Waals surface area contributed by atoms with Gasteiger partial charge in [0.2, 0.25) is 0 Å². The van der Waals surface area contributed by atoms with E-state index in [1.165, 1.54) is 18.4 Å². The van der Waals surface area contributed by atoms with E-state index in [0.717, 1.165) is 6.07 Å². The minimum atomic E-state index is -4.39. The number of rotatable bonds is 6. The Morgan fingerprint density at radius 3 is 2.50 bits per heavy atom. The Kier molecular flexibility index (Phi) is 5.23. The van der Waals surface area contributed by atoms with Gasteiger partial charge in [0.05, 0.1) is 24.4 Å². The van der Waals surface area contributed by atoms with Gasteiger partial charge in [0.25, 0.3) is 0 Å². The van der Waals surface area contributed by atoms with Gasteiger partial charge in [-0.05, 0) is 23.8 Å². The van der Waals surface area contributed by atoms with Crippen molar-refractivity contribution < 1.29 is 17.6 Å². The minimum Gasteiger partial charge on any atom is -0.468 e. The normalized spacial score (nSPS) is 11.6. The van der Waals surface area contributed by atoms with E-state index in [2.05, 4.69) is 0 Å². The molecule has 0 radical (unpaired) electrons. The lowest BCUT2D eigenvalue weighted by Crippen LogP contribution is -2.25. The summed E-state index contributed by atoms with van der Waals surface area (Å²) in [5, 5.41) is 8.71. The van der Waals surface area contributed by atoms with Crippen LogP contribution in [0.1, 0.15) is 23.3 Å². The second-order valence-corrected chi connectivity index (χ2v) is 4.85. The first kappa shape index (κ1) is 16.1. The molecule has 0 saturated carbocycles. The van der Waals surface area contributed by atoms with Crippen molar-refractivity contribution in [2.24, 2.45) is 0 Å². The first-order valence-electron chi connectivity index (χ1n) is 6.77. The van der Waals surface area contributed by atoms with Gasteiger partial charge in [-0.2, -0.15) is 18.4 Å². The monoisotopic (exact) mass is 308 g/mol. The third kappa shape index (κ3) is 4.37. The van der Waals surface area contributed by atoms with Crippen LogP contribution in [0.25, 0.3) is 0 Å². The van der Waals surface area contributed by atoms with Crippen molar-refractivity contribution in [2.75, 3.05) is 6.54 Å². The van der Waals surface area contributed by atoms with E-state index in [9.17, 15) is 13.2 Å². The van der Waals surface area contributed by atoms with Crippen molar-refractivity contribution in [3.63, 3.8) is 0 Å². The van der Waals surface area contributed by atoms with E-state index in [0.29, 0.717) is 18.8 Å². The smallest absolute Gasteiger partial charge is 0.416 e. The molecule has 2 aromatic rings. The highest BCUT2D eigenvalue weighted by Crippen LogP contribution is 2.32. The Bertz CT molecular complexity index is 630. The van der Waals surface area contributed by atoms with Crippen LogP contribution in [-0.2, 0) is 19.3 Å². The molecule has 0 aliphatic rings. The average molecular weight is 308 g/mol. The Hall–Kier alpha value is -2.26. The van der Waals surface area contributed by atoms with Crippen LogP contribution >= 0.6 is 0 Å². The maximum atomic E-state index is 13.0. The summed E-state index contributed by atoms with van der Waals surface area (Å²) >= 11 is 0. The number of nitriles is 1. The van der Waals surface area contributed by atoms with E-state index in [-0.39, 0.29) is 18.5 Å². The summed E-state index contributed by atoms with van der Waals surface area (Å²) in [5.41, 5.74) is -0.448. The van der Waals surface area contributed by atoms with Crippen LogP contribution in [0.2, 0.25) is 0 Å². The van der Waals surface area contributed by atoms with Crippen LogP contribution in [0.4, 0.5) is 13.2 Å². The molecule has 0 N–H and O–H groups in total. The SMILES string of the molecule is N#CCCN(Cc1ccco1)Cc1ccccc1C(F)(F)F. The molecule has 0 unspecified atom stereocenters. The third-order valence-corrected chi connectivity index (χ3v) is 3.22. The van der Waals surface area contributed by atoms with Crippen molar-refractivity contribution in [1.82, 2.24) is 4.90 Å². The quantitative estimate of drug-likeness (QED) is 0.802. The Balaban J connectivity index is 2.18. The summed E-state index contributed by atoms with van der Waals surface area (Å²) in [6, 6.07) is 11.0. The van der Waals surface area contributed by atoms with Crippen molar-refractivity contribution in [1.29, 1.82) is 5.26 Å². The zero-order chi connectivity index (χ0) is 16.0. The van der Waals surface area contributed by atoms with E-state index in [1.54, 1.807) is 23.1 Å². The third-order valence-electron chi connectivity index (χ3n) is 3.22. The van der Waals surface area contributed by atoms with Crippen LogP contribution in [-0.4, -0.2) is 11.4 Å². The molecule has 0 aliphatic carbocycles. The molecule has 3 nitrogen and oxygen atoms in total. The second-order valence-electron chi connectivity index (χ2n) is 4.85. The standard InChI is InChI=1S/C16H15F3N2O/c17-16(18,19)15-7-2-1-5-13(15)11-21(9-4-8-20)12-14-6-3-10-22-14/h1-3,5-7,10H,4,9,11-12H2. The van der Waals surface area contributed by atoms with Gasteiger partial charge in [-0.1, -0.05) is 18.2 Å². The highest BCUT2D eigenvalue weighted by atomic mass is 19.4. The fourth-order valence-corrected chi connectivity index (χ4v) is 2.22. The first-order valence-corrected chi connectivity index (χ1v) is 6.77. The van der Waals surface area contributed by atoms with Gasteiger partial charge < -0.3 is 4.42 Å². The highest BCUT2D eigenvalue weighted by molar-refractivity contribution is 5.29. The first-order chi connectivity index (χ1) is 10.5. The van der Waals surface area contributed by atoms with Gasteiger partial charge in [0, 0.05) is 19.5 Å². The minimum absolute atomic E-state index is 0.109. The maximum absolute atomic E-state index is 13.0. The molecule has 116 valence electrons. The molecule has 0 bridgehead atoms. The van der Waals surface area contributed by atoms with Gasteiger partial charge in [0.1, 0.15) is 5.76 Å². The van der Waals surface area contributed by atoms with Gasteiger partial charge >= 0.3 is 6.18 Å². The number of alkyl halides is 3. The lowest BCUT2D eigenvalue weighted by molar-refractivity contribution is -0.138. The lowest BCUT2D eigenvalue weighted by atomic mass is 10.1. The van der Waals surface area contributed by atoms with Crippen LogP contribution in [0.15, 0.2) is 47.1 Å². The number of hydrogen-bond acceptors (Lipinski definition) is 3. The van der Waals surface area contributed by atoms with Gasteiger partial charge in [0.15, 0.2) is 0 Å². The van der Waals surface area contributed by atoms with Crippen molar-refractivity contribution in [2.45, 2.75) is 25.7 Å². The summed E-state index contributed by atoms with van der Waals surface area (Å²) in [7, 11) is 0. The summed E-state index contributed by atoms with van der Waals surface area (Å²) < 4.78 is 44.3. The van der Waals surface area contributed by atoms with E-state index >= 15 is 0 Å². The largest absolute Gasteiger partial charge is 0.468 e. The average Bonchev–Trinajstić information content (AvgIpc) is 2.97. The molecule has 0 fully saturated rings. The van der Waals surface area contributed by atoms with Crippen LogP contribution < -0.4 is 0 Å². The number of furan rings is 1. The predicted molar refractivity (Wildman–Crippen MR) is 74.5 cm³/mol. The fraction of sp³-hybridized carbons (Fsp3) is 0.312. The molecule has 0 saturated heterocycles. The molecule has 6 heteroatoms. The molecular weight excluding hydrogens is 293 g/mol. The molecule has 0 atom stereocenters. The molecule has 2 rings (SSSR count). The maximum Gasteiger partial charge on any atom is 0.416 e. The summed E-state index contributed by atoms with van der Waals surface area (Å²) in [5.74, 6) is 0.655. The molecule has 1 aromatic carbocycles. The highest BCUT2D eigenvalue weighted by Gasteiger charge is 2.33. The van der Waals surface area contributed by atoms with Gasteiger partial charge in [-0.25, -0.2) is 0 Å². The molecule has 0 amide bonds. The van der Waals surface area contributed by atoms with Gasteiger partial charge in [-0.3, -0.25) is 4.90 Å². The molecule has 0 aliphatic heterocycles. The van der Waals surface area contributed by atoms with Crippen molar-refractivity contribution in [3.05, 3.63) is 59.5 Å². The van der Waals surface area contributed by atoms with Crippen LogP contribution in [0.3, 0.4) is 0 Å². The zero-order valence-corrected chi connectivity index (χ0v) is 11.8. The van der Waals surface area contributed by atoms with Crippen molar-refractivity contribution >= 4 is 0 Å². The van der Waals surface area contributed by atoms with E-state index < -0.39 is 11.7 Å². The number of halogens is 3. The van der Waals surface area contributed by atoms with Gasteiger partial charge in [-0.15, -0.1) is 0 Å². The Morgan fingerprint density at radius 2 is 1.86 bits per heavy atom. The molecule has 0 spiro atoms. The Morgan fingerprint density at radius 1 is 1.09 bits per heavy atom. The van der Waals surface area contributed by atoms with Crippen LogP contribution in [0, 0.1) is 11.3 Å². The Labute approximate surface area is 126 Å². The number of hydrogen-bond donors (Lipinski definition) is 0. The topological polar surface area (TPSA) is 40.2 Å². The second kappa shape index (κ2) is 7.14. The van der Waals surface area contributed by atoms with Crippen molar-refractivity contribution in [3.8, 4) is 6.07 Å². The predicted octanol–water partition coefficient (Wildman–Crippen LogP) is 4.21. The fourth-order valence-electron chi connectivity index (χ4n) is 2.22. The number of benzene rings is 1. The van der Waals surface area contributed by atoms with E-state index in [4.69, 9.17) is 9.68 Å². The summed E-state index contributed by atoms with van der Waals surface area (Å²) in [6.45, 7) is 0.850. The molecule has 1 aromatic heterocycles. The number of nitrogens with zero attached hydrogens (tertiary/aromatic N) is 2. The molecule has 1 heterocycles. The lowest BCUT2D eigenvalue weighted by Gasteiger charge is -2.22. The van der Waals surface area contributed by atoms with E-state index in [1.807, 2.05) is 6.07 Å². The zero-order valence-electron chi connectivity index (χ0n) is 11.8. The summed E-state index contributed by atoms with van der Waals surface area (Å²) in [6.07, 6.45) is -2.63.